The first-order chi connectivity index (χ1) is 5.72. The minimum absolute atomic E-state index is 0. The molecule has 4 nitrogen and oxygen atoms in total. The summed E-state index contributed by atoms with van der Waals surface area (Å²) in [6.07, 6.45) is 0. The van der Waals surface area contributed by atoms with Gasteiger partial charge in [-0.05, 0) is 18.2 Å². The summed E-state index contributed by atoms with van der Waals surface area (Å²) in [6, 6.07) is 4.93. The van der Waals surface area contributed by atoms with Gasteiger partial charge in [-0.2, -0.15) is 0 Å². The Bertz CT molecular complexity index is 295. The minimum atomic E-state index is -0.583. The topological polar surface area (TPSA) is 67.1 Å². The van der Waals surface area contributed by atoms with Crippen LogP contribution >= 0.6 is 12.4 Å². The van der Waals surface area contributed by atoms with Crippen molar-refractivity contribution in [2.75, 3.05) is 5.32 Å². The lowest BCUT2D eigenvalue weighted by Crippen LogP contribution is -2.34. The number of benzene rings is 1. The number of hydrazine groups is 1. The van der Waals surface area contributed by atoms with Crippen molar-refractivity contribution < 1.29 is 9.18 Å². The van der Waals surface area contributed by atoms with Crippen molar-refractivity contribution in [2.45, 2.75) is 0 Å². The van der Waals surface area contributed by atoms with E-state index < -0.39 is 11.8 Å². The van der Waals surface area contributed by atoms with Crippen LogP contribution < -0.4 is 16.6 Å². The standard InChI is InChI=1S/C7H8FN3O.ClH/c8-5-2-1-3-6(4-5)10-7(12)11-9;/h1-4H,9H2,(H2,10,11,12);1H. The van der Waals surface area contributed by atoms with Gasteiger partial charge in [0.05, 0.1) is 0 Å². The number of nitrogens with two attached hydrogens (primary N) is 1. The van der Waals surface area contributed by atoms with Gasteiger partial charge in [0.2, 0.25) is 0 Å². The van der Waals surface area contributed by atoms with Crippen molar-refractivity contribution in [3.05, 3.63) is 30.1 Å². The Morgan fingerprint density at radius 1 is 1.46 bits per heavy atom. The van der Waals surface area contributed by atoms with E-state index in [2.05, 4.69) is 5.32 Å². The molecule has 0 aliphatic rings. The molecule has 4 N–H and O–H groups in total. The molecule has 0 saturated carbocycles. The van der Waals surface area contributed by atoms with E-state index in [1.807, 2.05) is 5.43 Å². The summed E-state index contributed by atoms with van der Waals surface area (Å²) >= 11 is 0. The molecule has 0 aliphatic carbocycles. The van der Waals surface area contributed by atoms with E-state index in [-0.39, 0.29) is 12.4 Å². The lowest BCUT2D eigenvalue weighted by Gasteiger charge is -2.02. The number of carbonyl (C=O) groups is 1. The fourth-order valence-electron chi connectivity index (χ4n) is 0.733. The predicted molar refractivity (Wildman–Crippen MR) is 50.0 cm³/mol. The molecule has 0 heterocycles. The summed E-state index contributed by atoms with van der Waals surface area (Å²) in [5.74, 6) is 4.39. The molecule has 0 bridgehead atoms. The second kappa shape index (κ2) is 5.34. The Balaban J connectivity index is 0.00000144. The highest BCUT2D eigenvalue weighted by atomic mass is 35.5. The number of amides is 2. The Labute approximate surface area is 80.7 Å². The molecule has 0 spiro atoms. The van der Waals surface area contributed by atoms with Gasteiger partial charge < -0.3 is 5.32 Å². The summed E-state index contributed by atoms with van der Waals surface area (Å²) in [7, 11) is 0. The van der Waals surface area contributed by atoms with Crippen LogP contribution in [0, 0.1) is 5.82 Å². The maximum absolute atomic E-state index is 12.5. The van der Waals surface area contributed by atoms with Crippen molar-refractivity contribution >= 4 is 24.1 Å². The number of urea groups is 1. The Morgan fingerprint density at radius 2 is 2.15 bits per heavy atom. The van der Waals surface area contributed by atoms with Gasteiger partial charge in [-0.1, -0.05) is 6.07 Å². The van der Waals surface area contributed by atoms with Crippen LogP contribution in [0.3, 0.4) is 0 Å². The zero-order valence-electron chi connectivity index (χ0n) is 6.58. The van der Waals surface area contributed by atoms with Gasteiger partial charge in [0.1, 0.15) is 5.82 Å². The highest BCUT2D eigenvalue weighted by Gasteiger charge is 1.98. The number of carbonyl (C=O) groups excluding carboxylic acids is 1. The lowest BCUT2D eigenvalue weighted by atomic mass is 10.3. The number of hydrogen-bond acceptors (Lipinski definition) is 2. The van der Waals surface area contributed by atoms with E-state index in [4.69, 9.17) is 5.84 Å². The first-order valence-corrected chi connectivity index (χ1v) is 3.25. The van der Waals surface area contributed by atoms with E-state index in [1.54, 1.807) is 6.07 Å². The van der Waals surface area contributed by atoms with Crippen LogP contribution in [0.1, 0.15) is 0 Å². The molecule has 0 atom stereocenters. The average Bonchev–Trinajstić information content (AvgIpc) is 2.04. The van der Waals surface area contributed by atoms with E-state index in [0.717, 1.165) is 0 Å². The van der Waals surface area contributed by atoms with Gasteiger partial charge in [0.25, 0.3) is 0 Å². The van der Waals surface area contributed by atoms with Crippen molar-refractivity contribution in [1.29, 1.82) is 0 Å². The predicted octanol–water partition coefficient (Wildman–Crippen LogP) is 1.24. The number of halogens is 2. The van der Waals surface area contributed by atoms with E-state index in [1.165, 1.54) is 18.2 Å². The lowest BCUT2D eigenvalue weighted by molar-refractivity contribution is 0.252. The molecule has 0 saturated heterocycles. The second-order valence-corrected chi connectivity index (χ2v) is 2.11. The van der Waals surface area contributed by atoms with Crippen LogP contribution in [0.4, 0.5) is 14.9 Å². The quantitative estimate of drug-likeness (QED) is 0.367. The molecule has 0 radical (unpaired) electrons. The van der Waals surface area contributed by atoms with E-state index in [0.29, 0.717) is 5.69 Å². The van der Waals surface area contributed by atoms with E-state index in [9.17, 15) is 9.18 Å². The molecule has 72 valence electrons. The zero-order valence-corrected chi connectivity index (χ0v) is 7.40. The highest BCUT2D eigenvalue weighted by molar-refractivity contribution is 5.88. The molecule has 0 aliphatic heterocycles. The van der Waals surface area contributed by atoms with E-state index >= 15 is 0 Å². The highest BCUT2D eigenvalue weighted by Crippen LogP contribution is 2.08. The van der Waals surface area contributed by atoms with Gasteiger partial charge >= 0.3 is 6.03 Å². The van der Waals surface area contributed by atoms with Crippen LogP contribution in [0.2, 0.25) is 0 Å². The summed E-state index contributed by atoms with van der Waals surface area (Å²) in [6.45, 7) is 0. The van der Waals surface area contributed by atoms with Crippen molar-refractivity contribution in [3.8, 4) is 0 Å². The minimum Gasteiger partial charge on any atom is -0.307 e. The maximum atomic E-state index is 12.5. The molecular weight excluding hydrogens is 197 g/mol. The molecule has 1 rings (SSSR count). The third kappa shape index (κ3) is 3.73. The summed E-state index contributed by atoms with van der Waals surface area (Å²) in [5, 5.41) is 2.32. The van der Waals surface area contributed by atoms with Crippen LogP contribution in [0.5, 0.6) is 0 Å². The monoisotopic (exact) mass is 205 g/mol. The fourth-order valence-corrected chi connectivity index (χ4v) is 0.733. The van der Waals surface area contributed by atoms with Crippen LogP contribution in [0.25, 0.3) is 0 Å². The smallest absolute Gasteiger partial charge is 0.307 e. The molecule has 0 unspecified atom stereocenters. The number of anilines is 1. The Hall–Kier alpha value is -1.33. The molecule has 6 heteroatoms. The van der Waals surface area contributed by atoms with Gasteiger partial charge in [-0.3, -0.25) is 5.43 Å². The summed E-state index contributed by atoms with van der Waals surface area (Å²) < 4.78 is 12.5. The van der Waals surface area contributed by atoms with Gasteiger partial charge in [0.15, 0.2) is 0 Å². The largest absolute Gasteiger partial charge is 0.333 e. The van der Waals surface area contributed by atoms with Crippen molar-refractivity contribution in [2.24, 2.45) is 5.84 Å². The number of nitrogens with one attached hydrogen (secondary N) is 2. The first kappa shape index (κ1) is 11.7. The number of hydrogen-bond donors (Lipinski definition) is 3. The molecule has 2 amide bonds. The molecule has 1 aromatic rings. The Kier molecular flexibility index (Phi) is 4.79. The normalized spacial score (nSPS) is 8.46. The second-order valence-electron chi connectivity index (χ2n) is 2.11. The SMILES string of the molecule is Cl.NNC(=O)Nc1cccc(F)c1. The molecular formula is C7H9ClFN3O. The molecule has 0 fully saturated rings. The van der Waals surface area contributed by atoms with Crippen LogP contribution in [0.15, 0.2) is 24.3 Å². The van der Waals surface area contributed by atoms with Crippen LogP contribution in [-0.2, 0) is 0 Å². The number of rotatable bonds is 1. The molecule has 0 aromatic heterocycles. The molecule has 1 aromatic carbocycles. The van der Waals surface area contributed by atoms with Crippen molar-refractivity contribution in [1.82, 2.24) is 5.43 Å². The first-order valence-electron chi connectivity index (χ1n) is 3.25. The zero-order chi connectivity index (χ0) is 8.97. The van der Waals surface area contributed by atoms with Crippen molar-refractivity contribution in [3.63, 3.8) is 0 Å². The van der Waals surface area contributed by atoms with Gasteiger partial charge in [-0.25, -0.2) is 15.0 Å². The summed E-state index contributed by atoms with van der Waals surface area (Å²) in [4.78, 5) is 10.6. The Morgan fingerprint density at radius 3 is 2.69 bits per heavy atom. The average molecular weight is 206 g/mol. The third-order valence-electron chi connectivity index (χ3n) is 1.21. The maximum Gasteiger partial charge on any atom is 0.333 e. The summed E-state index contributed by atoms with van der Waals surface area (Å²) in [5.41, 5.74) is 2.22. The van der Waals surface area contributed by atoms with Gasteiger partial charge in [0, 0.05) is 5.69 Å². The van der Waals surface area contributed by atoms with Gasteiger partial charge in [-0.15, -0.1) is 12.4 Å². The third-order valence-corrected chi connectivity index (χ3v) is 1.21. The fraction of sp³-hybridized carbons (Fsp3) is 0. The molecule has 13 heavy (non-hydrogen) atoms. The van der Waals surface area contributed by atoms with Crippen LogP contribution in [-0.4, -0.2) is 6.03 Å².